The van der Waals surface area contributed by atoms with E-state index in [1.54, 1.807) is 4.90 Å². The lowest BCUT2D eigenvalue weighted by Gasteiger charge is -2.37. The van der Waals surface area contributed by atoms with Crippen LogP contribution in [0.5, 0.6) is 0 Å². The van der Waals surface area contributed by atoms with Gasteiger partial charge in [-0.15, -0.1) is 0 Å². The summed E-state index contributed by atoms with van der Waals surface area (Å²) in [4.78, 5) is 33.9. The maximum absolute atomic E-state index is 13.9. The van der Waals surface area contributed by atoms with Crippen molar-refractivity contribution in [2.24, 2.45) is 0 Å². The van der Waals surface area contributed by atoms with Crippen molar-refractivity contribution in [3.63, 3.8) is 0 Å². The number of carbonyl (C=O) groups is 2. The van der Waals surface area contributed by atoms with E-state index in [4.69, 9.17) is 0 Å². The quantitative estimate of drug-likeness (QED) is 0.611. The van der Waals surface area contributed by atoms with Crippen LogP contribution in [0.3, 0.4) is 0 Å². The number of carbonyl (C=O) groups excluding carboxylic acids is 2. The summed E-state index contributed by atoms with van der Waals surface area (Å²) in [6, 6.07) is 20.3. The highest BCUT2D eigenvalue weighted by Gasteiger charge is 2.44. The minimum atomic E-state index is -0.0940. The van der Waals surface area contributed by atoms with Gasteiger partial charge in [0.05, 0.1) is 5.57 Å². The summed E-state index contributed by atoms with van der Waals surface area (Å²) in [5.41, 5.74) is 3.39. The average molecular weight is 458 g/mol. The molecule has 5 nitrogen and oxygen atoms in total. The number of piperazine rings is 1. The molecule has 0 radical (unpaired) electrons. The van der Waals surface area contributed by atoms with Crippen LogP contribution in [0.1, 0.15) is 56.1 Å². The fourth-order valence-electron chi connectivity index (χ4n) is 5.69. The number of benzene rings is 2. The maximum atomic E-state index is 13.9. The fourth-order valence-corrected chi connectivity index (χ4v) is 5.69. The van der Waals surface area contributed by atoms with E-state index in [1.807, 2.05) is 36.4 Å². The average Bonchev–Trinajstić information content (AvgIpc) is 3.11. The zero-order chi connectivity index (χ0) is 23.3. The van der Waals surface area contributed by atoms with E-state index >= 15 is 0 Å². The molecule has 1 aliphatic carbocycles. The minimum absolute atomic E-state index is 0.0240. The SMILES string of the molecule is O=C1C(c2ccccc2)=C(N2CCN(Cc3ccccc3)CC2)C(=O)N1C1CCCCCCC1. The van der Waals surface area contributed by atoms with E-state index in [2.05, 4.69) is 34.1 Å². The van der Waals surface area contributed by atoms with Crippen LogP contribution in [0.4, 0.5) is 0 Å². The monoisotopic (exact) mass is 457 g/mol. The van der Waals surface area contributed by atoms with Crippen LogP contribution >= 0.6 is 0 Å². The van der Waals surface area contributed by atoms with Gasteiger partial charge in [-0.25, -0.2) is 0 Å². The van der Waals surface area contributed by atoms with Crippen LogP contribution < -0.4 is 0 Å². The third-order valence-electron chi connectivity index (χ3n) is 7.53. The topological polar surface area (TPSA) is 43.9 Å². The standard InChI is InChI=1S/C29H35N3O2/c33-28-26(24-14-8-5-9-15-24)27(29(34)32(28)25-16-10-2-1-3-11-17-25)31-20-18-30(19-21-31)22-23-12-6-4-7-13-23/h4-9,12-15,25H,1-3,10-11,16-22H2. The third kappa shape index (κ3) is 4.80. The summed E-state index contributed by atoms with van der Waals surface area (Å²) in [5.74, 6) is -0.172. The van der Waals surface area contributed by atoms with Crippen LogP contribution in [-0.4, -0.2) is 58.7 Å². The summed E-state index contributed by atoms with van der Waals surface area (Å²) in [7, 11) is 0. The van der Waals surface area contributed by atoms with E-state index in [1.165, 1.54) is 24.8 Å². The van der Waals surface area contributed by atoms with E-state index in [9.17, 15) is 9.59 Å². The van der Waals surface area contributed by atoms with Gasteiger partial charge >= 0.3 is 0 Å². The number of rotatable bonds is 5. The van der Waals surface area contributed by atoms with Gasteiger partial charge in [0.1, 0.15) is 5.70 Å². The van der Waals surface area contributed by atoms with Gasteiger partial charge in [-0.05, 0) is 24.0 Å². The van der Waals surface area contributed by atoms with E-state index in [0.29, 0.717) is 11.3 Å². The molecule has 1 saturated carbocycles. The predicted octanol–water partition coefficient (Wildman–Crippen LogP) is 4.70. The largest absolute Gasteiger partial charge is 0.364 e. The summed E-state index contributed by atoms with van der Waals surface area (Å²) in [6.07, 6.45) is 7.70. The first-order valence-electron chi connectivity index (χ1n) is 12.9. The highest BCUT2D eigenvalue weighted by Crippen LogP contribution is 2.36. The Morgan fingerprint density at radius 1 is 0.676 bits per heavy atom. The number of hydrogen-bond donors (Lipinski definition) is 0. The van der Waals surface area contributed by atoms with Crippen molar-refractivity contribution in [2.45, 2.75) is 57.5 Å². The Kier molecular flexibility index (Phi) is 7.10. The van der Waals surface area contributed by atoms with Crippen LogP contribution in [0, 0.1) is 0 Å². The minimum Gasteiger partial charge on any atom is -0.364 e. The van der Waals surface area contributed by atoms with E-state index in [0.717, 1.165) is 64.0 Å². The molecule has 2 aliphatic heterocycles. The smallest absolute Gasteiger partial charge is 0.278 e. The number of nitrogens with zero attached hydrogens (tertiary/aromatic N) is 3. The Hall–Kier alpha value is -2.92. The van der Waals surface area contributed by atoms with Crippen molar-refractivity contribution < 1.29 is 9.59 Å². The Morgan fingerprint density at radius 3 is 1.91 bits per heavy atom. The molecular formula is C29H35N3O2. The molecule has 2 fully saturated rings. The van der Waals surface area contributed by atoms with Gasteiger partial charge in [0.15, 0.2) is 0 Å². The van der Waals surface area contributed by atoms with Crippen LogP contribution in [0.25, 0.3) is 5.57 Å². The van der Waals surface area contributed by atoms with Crippen molar-refractivity contribution in [3.8, 4) is 0 Å². The molecule has 0 atom stereocenters. The molecule has 0 unspecified atom stereocenters. The fraction of sp³-hybridized carbons (Fsp3) is 0.448. The molecule has 3 aliphatic rings. The van der Waals surface area contributed by atoms with Gasteiger partial charge in [-0.1, -0.05) is 92.8 Å². The van der Waals surface area contributed by atoms with Crippen LogP contribution in [0.2, 0.25) is 0 Å². The molecule has 0 spiro atoms. The molecule has 178 valence electrons. The molecule has 2 aromatic carbocycles. The highest BCUT2D eigenvalue weighted by molar-refractivity contribution is 6.35. The number of amides is 2. The lowest BCUT2D eigenvalue weighted by molar-refractivity contribution is -0.140. The molecule has 1 saturated heterocycles. The summed E-state index contributed by atoms with van der Waals surface area (Å²) in [5, 5.41) is 0. The van der Waals surface area contributed by atoms with Gasteiger partial charge in [-0.2, -0.15) is 0 Å². The van der Waals surface area contributed by atoms with Crippen molar-refractivity contribution in [3.05, 3.63) is 77.5 Å². The first kappa shape index (κ1) is 22.9. The molecule has 2 aromatic rings. The second kappa shape index (κ2) is 10.6. The highest BCUT2D eigenvalue weighted by atomic mass is 16.2. The molecule has 34 heavy (non-hydrogen) atoms. The van der Waals surface area contributed by atoms with Gasteiger partial charge in [-0.3, -0.25) is 19.4 Å². The van der Waals surface area contributed by atoms with Crippen molar-refractivity contribution >= 4 is 17.4 Å². The lowest BCUT2D eigenvalue weighted by Crippen LogP contribution is -2.48. The summed E-state index contributed by atoms with van der Waals surface area (Å²) >= 11 is 0. The normalized spacial score (nSPS) is 21.2. The van der Waals surface area contributed by atoms with Gasteiger partial charge < -0.3 is 4.90 Å². The molecule has 2 amide bonds. The van der Waals surface area contributed by atoms with E-state index in [-0.39, 0.29) is 17.9 Å². The molecule has 5 heteroatoms. The molecule has 5 rings (SSSR count). The van der Waals surface area contributed by atoms with E-state index < -0.39 is 0 Å². The molecule has 0 aromatic heterocycles. The second-order valence-electron chi connectivity index (χ2n) is 9.82. The third-order valence-corrected chi connectivity index (χ3v) is 7.53. The zero-order valence-electron chi connectivity index (χ0n) is 20.0. The van der Waals surface area contributed by atoms with Gasteiger partial charge in [0.2, 0.25) is 0 Å². The molecule has 0 N–H and O–H groups in total. The van der Waals surface area contributed by atoms with Crippen molar-refractivity contribution in [1.29, 1.82) is 0 Å². The number of imide groups is 1. The maximum Gasteiger partial charge on any atom is 0.278 e. The Morgan fingerprint density at radius 2 is 1.26 bits per heavy atom. The summed E-state index contributed by atoms with van der Waals surface area (Å²) < 4.78 is 0. The van der Waals surface area contributed by atoms with Gasteiger partial charge in [0.25, 0.3) is 11.8 Å². The first-order valence-corrected chi connectivity index (χ1v) is 12.9. The van der Waals surface area contributed by atoms with Crippen LogP contribution in [-0.2, 0) is 16.1 Å². The predicted molar refractivity (Wildman–Crippen MR) is 135 cm³/mol. The first-order chi connectivity index (χ1) is 16.7. The Bertz CT molecular complexity index is 1020. The van der Waals surface area contributed by atoms with Crippen molar-refractivity contribution in [2.75, 3.05) is 26.2 Å². The van der Waals surface area contributed by atoms with Gasteiger partial charge in [0, 0.05) is 38.8 Å². The molecule has 0 bridgehead atoms. The Labute approximate surface area is 203 Å². The van der Waals surface area contributed by atoms with Crippen molar-refractivity contribution in [1.82, 2.24) is 14.7 Å². The molecular weight excluding hydrogens is 422 g/mol. The Balaban J connectivity index is 1.38. The second-order valence-corrected chi connectivity index (χ2v) is 9.82. The lowest BCUT2D eigenvalue weighted by atomic mass is 9.95. The van der Waals surface area contributed by atoms with Crippen LogP contribution in [0.15, 0.2) is 66.4 Å². The number of hydrogen-bond acceptors (Lipinski definition) is 4. The molecule has 2 heterocycles. The summed E-state index contributed by atoms with van der Waals surface area (Å²) in [6.45, 7) is 4.20. The zero-order valence-corrected chi connectivity index (χ0v) is 20.0.